The number of carbonyl (C=O) groups excluding carboxylic acids is 1. The maximum atomic E-state index is 14.4. The van der Waals surface area contributed by atoms with Crippen LogP contribution >= 0.6 is 11.6 Å². The van der Waals surface area contributed by atoms with Crippen LogP contribution in [0.2, 0.25) is 5.02 Å². The molecule has 4 rings (SSSR count). The minimum Gasteiger partial charge on any atom is -0.493 e. The van der Waals surface area contributed by atoms with E-state index in [9.17, 15) is 14.0 Å². The van der Waals surface area contributed by atoms with E-state index >= 15 is 0 Å². The Bertz CT molecular complexity index is 1380. The first-order chi connectivity index (χ1) is 15.4. The molecule has 1 heterocycles. The van der Waals surface area contributed by atoms with Gasteiger partial charge in [0.25, 0.3) is 0 Å². The first-order valence-corrected chi connectivity index (χ1v) is 10.1. The van der Waals surface area contributed by atoms with Crippen LogP contribution in [-0.2, 0) is 6.54 Å². The summed E-state index contributed by atoms with van der Waals surface area (Å²) in [6, 6.07) is 15.8. The number of halogens is 2. The van der Waals surface area contributed by atoms with Gasteiger partial charge in [-0.1, -0.05) is 29.8 Å². The third kappa shape index (κ3) is 3.97. The van der Waals surface area contributed by atoms with Crippen LogP contribution in [0.15, 0.2) is 71.7 Å². The molecule has 162 valence electrons. The van der Waals surface area contributed by atoms with Crippen LogP contribution in [0.4, 0.5) is 4.39 Å². The molecule has 0 radical (unpaired) electrons. The SMILES string of the molecule is COc1cc2c(=O)c(C(=O)c3ccc(Cl)cc3)cn(Cc3ccccc3F)c2cc1OC. The molecule has 0 unspecified atom stereocenters. The average Bonchev–Trinajstić information content (AvgIpc) is 2.81. The summed E-state index contributed by atoms with van der Waals surface area (Å²) in [6.45, 7) is 0.111. The molecular formula is C25H19ClFNO4. The van der Waals surface area contributed by atoms with Gasteiger partial charge in [-0.2, -0.15) is 0 Å². The summed E-state index contributed by atoms with van der Waals surface area (Å²) in [5.41, 5.74) is 0.735. The van der Waals surface area contributed by atoms with Crippen LogP contribution in [-0.4, -0.2) is 24.6 Å². The Morgan fingerprint density at radius 1 is 1.00 bits per heavy atom. The molecule has 0 aliphatic heterocycles. The van der Waals surface area contributed by atoms with Crippen LogP contribution in [0.3, 0.4) is 0 Å². The zero-order valence-electron chi connectivity index (χ0n) is 17.4. The second-order valence-electron chi connectivity index (χ2n) is 7.15. The summed E-state index contributed by atoms with van der Waals surface area (Å²) in [5, 5.41) is 0.743. The highest BCUT2D eigenvalue weighted by molar-refractivity contribution is 6.30. The Balaban J connectivity index is 1.97. The van der Waals surface area contributed by atoms with E-state index in [0.717, 1.165) is 0 Å². The van der Waals surface area contributed by atoms with E-state index < -0.39 is 11.2 Å². The maximum Gasteiger partial charge on any atom is 0.200 e. The lowest BCUT2D eigenvalue weighted by atomic mass is 10.0. The van der Waals surface area contributed by atoms with Crippen molar-refractivity contribution in [1.82, 2.24) is 4.57 Å². The molecule has 0 spiro atoms. The maximum absolute atomic E-state index is 14.4. The Morgan fingerprint density at radius 2 is 1.66 bits per heavy atom. The van der Waals surface area contributed by atoms with Crippen molar-refractivity contribution in [2.75, 3.05) is 14.2 Å². The summed E-state index contributed by atoms with van der Waals surface area (Å²) >= 11 is 5.93. The van der Waals surface area contributed by atoms with Crippen LogP contribution in [0.5, 0.6) is 11.5 Å². The molecule has 1 aromatic heterocycles. The van der Waals surface area contributed by atoms with Crippen molar-refractivity contribution in [3.05, 3.63) is 105 Å². The van der Waals surface area contributed by atoms with Gasteiger partial charge in [-0.25, -0.2) is 4.39 Å². The monoisotopic (exact) mass is 451 g/mol. The van der Waals surface area contributed by atoms with Crippen molar-refractivity contribution >= 4 is 28.3 Å². The summed E-state index contributed by atoms with van der Waals surface area (Å²) in [6.07, 6.45) is 1.46. The highest BCUT2D eigenvalue weighted by atomic mass is 35.5. The van der Waals surface area contributed by atoms with E-state index in [-0.39, 0.29) is 23.3 Å². The lowest BCUT2D eigenvalue weighted by Crippen LogP contribution is -2.20. The second-order valence-corrected chi connectivity index (χ2v) is 7.59. The number of aromatic nitrogens is 1. The number of fused-ring (bicyclic) bond motifs is 1. The molecule has 0 fully saturated rings. The molecule has 7 heteroatoms. The minimum atomic E-state index is -0.453. The molecule has 0 bridgehead atoms. The van der Waals surface area contributed by atoms with Crippen LogP contribution in [0, 0.1) is 5.82 Å². The van der Waals surface area contributed by atoms with Crippen LogP contribution in [0.25, 0.3) is 10.9 Å². The molecule has 0 aliphatic carbocycles. The highest BCUT2D eigenvalue weighted by Gasteiger charge is 2.20. The van der Waals surface area contributed by atoms with Crippen molar-refractivity contribution in [3.63, 3.8) is 0 Å². The largest absolute Gasteiger partial charge is 0.493 e. The highest BCUT2D eigenvalue weighted by Crippen LogP contribution is 2.31. The Kier molecular flexibility index (Phi) is 5.97. The van der Waals surface area contributed by atoms with Gasteiger partial charge in [-0.05, 0) is 36.4 Å². The molecule has 4 aromatic rings. The van der Waals surface area contributed by atoms with Crippen molar-refractivity contribution in [3.8, 4) is 11.5 Å². The fourth-order valence-corrected chi connectivity index (χ4v) is 3.70. The fraction of sp³-hybridized carbons (Fsp3) is 0.120. The van der Waals surface area contributed by atoms with Gasteiger partial charge in [0.2, 0.25) is 5.43 Å². The Labute approximate surface area is 188 Å². The van der Waals surface area contributed by atoms with Gasteiger partial charge in [0.05, 0.1) is 37.2 Å². The molecule has 0 N–H and O–H groups in total. The van der Waals surface area contributed by atoms with Gasteiger partial charge in [0.1, 0.15) is 5.82 Å². The van der Waals surface area contributed by atoms with Crippen molar-refractivity contribution in [2.24, 2.45) is 0 Å². The third-order valence-electron chi connectivity index (χ3n) is 5.24. The lowest BCUT2D eigenvalue weighted by Gasteiger charge is -2.16. The quantitative estimate of drug-likeness (QED) is 0.383. The third-order valence-corrected chi connectivity index (χ3v) is 5.49. The zero-order chi connectivity index (χ0) is 22.8. The van der Waals surface area contributed by atoms with Crippen LogP contribution < -0.4 is 14.9 Å². The van der Waals surface area contributed by atoms with Gasteiger partial charge in [0, 0.05) is 28.4 Å². The normalized spacial score (nSPS) is 10.9. The smallest absolute Gasteiger partial charge is 0.200 e. The van der Waals surface area contributed by atoms with E-state index in [4.69, 9.17) is 21.1 Å². The number of nitrogens with zero attached hydrogens (tertiary/aromatic N) is 1. The molecule has 32 heavy (non-hydrogen) atoms. The molecule has 0 saturated heterocycles. The summed E-state index contributed by atoms with van der Waals surface area (Å²) < 4.78 is 26.8. The Morgan fingerprint density at radius 3 is 2.31 bits per heavy atom. The zero-order valence-corrected chi connectivity index (χ0v) is 18.2. The molecule has 0 amide bonds. The number of rotatable bonds is 6. The summed E-state index contributed by atoms with van der Waals surface area (Å²) in [4.78, 5) is 26.5. The van der Waals surface area contributed by atoms with Gasteiger partial charge in [0.15, 0.2) is 17.3 Å². The van der Waals surface area contributed by atoms with E-state index in [1.165, 1.54) is 32.5 Å². The lowest BCUT2D eigenvalue weighted by molar-refractivity contribution is 0.103. The van der Waals surface area contributed by atoms with Gasteiger partial charge >= 0.3 is 0 Å². The van der Waals surface area contributed by atoms with E-state index in [1.807, 2.05) is 0 Å². The number of methoxy groups -OCH3 is 2. The topological polar surface area (TPSA) is 57.5 Å². The molecule has 0 saturated carbocycles. The first kappa shape index (κ1) is 21.6. The number of ketones is 1. The van der Waals surface area contributed by atoms with Crippen molar-refractivity contribution in [1.29, 1.82) is 0 Å². The van der Waals surface area contributed by atoms with E-state index in [1.54, 1.807) is 53.1 Å². The standard InChI is InChI=1S/C25H19ClFNO4/c1-31-22-11-18-21(12-23(22)32-2)28(13-16-5-3-4-6-20(16)27)14-19(25(18)30)24(29)15-7-9-17(26)10-8-15/h3-12,14H,13H2,1-2H3. The number of ether oxygens (including phenoxy) is 2. The predicted octanol–water partition coefficient (Wildman–Crippen LogP) is 5.09. The molecule has 3 aromatic carbocycles. The van der Waals surface area contributed by atoms with E-state index in [0.29, 0.717) is 33.2 Å². The molecule has 0 aliphatic rings. The van der Waals surface area contributed by atoms with E-state index in [2.05, 4.69) is 0 Å². The van der Waals surface area contributed by atoms with Gasteiger partial charge in [-0.15, -0.1) is 0 Å². The van der Waals surface area contributed by atoms with Gasteiger partial charge in [-0.3, -0.25) is 9.59 Å². The minimum absolute atomic E-state index is 0.0385. The molecular weight excluding hydrogens is 433 g/mol. The fourth-order valence-electron chi connectivity index (χ4n) is 3.58. The predicted molar refractivity (Wildman–Crippen MR) is 122 cm³/mol. The Hall–Kier alpha value is -3.64. The van der Waals surface area contributed by atoms with Crippen molar-refractivity contribution < 1.29 is 18.7 Å². The number of hydrogen-bond acceptors (Lipinski definition) is 4. The van der Waals surface area contributed by atoms with Crippen LogP contribution in [0.1, 0.15) is 21.5 Å². The number of benzene rings is 3. The number of hydrogen-bond donors (Lipinski definition) is 0. The summed E-state index contributed by atoms with van der Waals surface area (Å²) in [5.74, 6) is -0.0693. The number of carbonyl (C=O) groups is 1. The molecule has 5 nitrogen and oxygen atoms in total. The van der Waals surface area contributed by atoms with Gasteiger partial charge < -0.3 is 14.0 Å². The first-order valence-electron chi connectivity index (χ1n) is 9.75. The average molecular weight is 452 g/mol. The number of pyridine rings is 1. The summed E-state index contributed by atoms with van der Waals surface area (Å²) in [7, 11) is 2.95. The molecule has 0 atom stereocenters. The van der Waals surface area contributed by atoms with Crippen molar-refractivity contribution in [2.45, 2.75) is 6.54 Å². The second kappa shape index (κ2) is 8.85.